The number of aromatic nitrogens is 1. The molecule has 1 aromatic carbocycles. The fraction of sp³-hybridized carbons (Fsp3) is 0.444. The molecule has 25 heavy (non-hydrogen) atoms. The molecule has 1 saturated heterocycles. The number of carbonyl (C=O) groups excluding carboxylic acids is 2. The van der Waals surface area contributed by atoms with E-state index in [1.165, 1.54) is 12.7 Å². The number of hydrogen-bond donors (Lipinski definition) is 1. The van der Waals surface area contributed by atoms with E-state index in [-0.39, 0.29) is 5.78 Å². The molecule has 2 heterocycles. The summed E-state index contributed by atoms with van der Waals surface area (Å²) in [5.41, 5.74) is 2.26. The number of nitrogens with zero attached hydrogens (tertiary/aromatic N) is 1. The first-order chi connectivity index (χ1) is 12.1. The van der Waals surface area contributed by atoms with E-state index < -0.39 is 12.3 Å². The quantitative estimate of drug-likeness (QED) is 0.836. The highest BCUT2D eigenvalue weighted by molar-refractivity contribution is 5.86. The summed E-state index contributed by atoms with van der Waals surface area (Å²) in [4.78, 5) is 28.5. The van der Waals surface area contributed by atoms with E-state index in [0.717, 1.165) is 29.6 Å². The lowest BCUT2D eigenvalue weighted by atomic mass is 10.0. The summed E-state index contributed by atoms with van der Waals surface area (Å²) >= 11 is 0. The molecule has 1 fully saturated rings. The molecule has 0 spiro atoms. The number of benzene rings is 1. The van der Waals surface area contributed by atoms with Crippen LogP contribution >= 0.6 is 0 Å². The second kappa shape index (κ2) is 7.57. The van der Waals surface area contributed by atoms with Crippen LogP contribution in [0.2, 0.25) is 0 Å². The highest BCUT2D eigenvalue weighted by Crippen LogP contribution is 2.24. The predicted molar refractivity (Wildman–Crippen MR) is 91.9 cm³/mol. The standard InChI is InChI=1S/C18H22N2O5/c1-23-13-3-4-15-14(9-13)12(10-19-15)5-7-20-8-6-16(21)17(11-20)25-18(22)24-2/h3-4,9-10,17,19H,5-8,11H2,1-2H3. The average molecular weight is 346 g/mol. The minimum absolute atomic E-state index is 0.0570. The number of likely N-dealkylation sites (tertiary alicyclic amines) is 1. The van der Waals surface area contributed by atoms with Gasteiger partial charge in [-0.15, -0.1) is 0 Å². The Kier molecular flexibility index (Phi) is 5.23. The molecule has 134 valence electrons. The molecule has 1 unspecified atom stereocenters. The van der Waals surface area contributed by atoms with E-state index in [2.05, 4.69) is 14.6 Å². The third-order valence-corrected chi connectivity index (χ3v) is 4.53. The number of aromatic amines is 1. The topological polar surface area (TPSA) is 80.9 Å². The van der Waals surface area contributed by atoms with E-state index in [1.54, 1.807) is 7.11 Å². The van der Waals surface area contributed by atoms with Crippen LogP contribution in [0.5, 0.6) is 5.75 Å². The normalized spacial score (nSPS) is 18.3. The Labute approximate surface area is 145 Å². The van der Waals surface area contributed by atoms with Gasteiger partial charge in [0.25, 0.3) is 0 Å². The van der Waals surface area contributed by atoms with Crippen molar-refractivity contribution >= 4 is 22.8 Å². The molecular weight excluding hydrogens is 324 g/mol. The summed E-state index contributed by atoms with van der Waals surface area (Å²) in [5.74, 6) is 0.766. The van der Waals surface area contributed by atoms with Crippen LogP contribution in [0.15, 0.2) is 24.4 Å². The van der Waals surface area contributed by atoms with E-state index in [0.29, 0.717) is 19.5 Å². The maximum absolute atomic E-state index is 11.9. The lowest BCUT2D eigenvalue weighted by molar-refractivity contribution is -0.133. The van der Waals surface area contributed by atoms with Gasteiger partial charge >= 0.3 is 6.16 Å². The van der Waals surface area contributed by atoms with Gasteiger partial charge in [-0.25, -0.2) is 4.79 Å². The maximum Gasteiger partial charge on any atom is 0.508 e. The number of methoxy groups -OCH3 is 2. The number of ketones is 1. The number of carbonyl (C=O) groups is 2. The number of Topliss-reactive ketones (excluding diaryl/α,β-unsaturated/α-hetero) is 1. The lowest BCUT2D eigenvalue weighted by Gasteiger charge is -2.30. The van der Waals surface area contributed by atoms with Crippen molar-refractivity contribution in [3.63, 3.8) is 0 Å². The van der Waals surface area contributed by atoms with Crippen molar-refractivity contribution in [1.29, 1.82) is 0 Å². The lowest BCUT2D eigenvalue weighted by Crippen LogP contribution is -2.47. The third kappa shape index (κ3) is 3.93. The van der Waals surface area contributed by atoms with E-state index in [1.807, 2.05) is 24.4 Å². The zero-order valence-electron chi connectivity index (χ0n) is 14.4. The Morgan fingerprint density at radius 1 is 1.36 bits per heavy atom. The summed E-state index contributed by atoms with van der Waals surface area (Å²) in [6.45, 7) is 1.85. The van der Waals surface area contributed by atoms with Gasteiger partial charge in [-0.3, -0.25) is 9.69 Å². The second-order valence-corrected chi connectivity index (χ2v) is 6.05. The summed E-state index contributed by atoms with van der Waals surface area (Å²) in [6.07, 6.45) is 1.64. The van der Waals surface area contributed by atoms with Gasteiger partial charge in [0.05, 0.1) is 14.2 Å². The molecule has 7 nitrogen and oxygen atoms in total. The average Bonchev–Trinajstić information content (AvgIpc) is 3.04. The largest absolute Gasteiger partial charge is 0.508 e. The second-order valence-electron chi connectivity index (χ2n) is 6.05. The number of nitrogens with one attached hydrogen (secondary N) is 1. The van der Waals surface area contributed by atoms with Gasteiger partial charge in [0.2, 0.25) is 0 Å². The number of rotatable bonds is 5. The summed E-state index contributed by atoms with van der Waals surface area (Å²) in [6, 6.07) is 5.94. The molecule has 1 aromatic heterocycles. The van der Waals surface area contributed by atoms with Crippen molar-refractivity contribution < 1.29 is 23.8 Å². The Morgan fingerprint density at radius 3 is 2.96 bits per heavy atom. The fourth-order valence-electron chi connectivity index (χ4n) is 3.10. The Morgan fingerprint density at radius 2 is 2.20 bits per heavy atom. The van der Waals surface area contributed by atoms with Crippen molar-refractivity contribution in [3.8, 4) is 5.75 Å². The smallest absolute Gasteiger partial charge is 0.497 e. The SMILES string of the molecule is COC(=O)OC1CN(CCc2c[nH]c3ccc(OC)cc23)CCC1=O. The number of H-pyrrole nitrogens is 1. The monoisotopic (exact) mass is 346 g/mol. The molecule has 2 aromatic rings. The number of hydrogen-bond acceptors (Lipinski definition) is 6. The summed E-state index contributed by atoms with van der Waals surface area (Å²) in [5, 5.41) is 1.13. The van der Waals surface area contributed by atoms with E-state index in [4.69, 9.17) is 9.47 Å². The number of fused-ring (bicyclic) bond motifs is 1. The van der Waals surface area contributed by atoms with E-state index in [9.17, 15) is 9.59 Å². The first kappa shape index (κ1) is 17.3. The zero-order chi connectivity index (χ0) is 17.8. The summed E-state index contributed by atoms with van der Waals surface area (Å²) < 4.78 is 14.8. The Balaban J connectivity index is 1.63. The van der Waals surface area contributed by atoms with Crippen molar-refractivity contribution in [2.24, 2.45) is 0 Å². The van der Waals surface area contributed by atoms with Gasteiger partial charge in [-0.05, 0) is 30.2 Å². The molecule has 1 atom stereocenters. The number of ether oxygens (including phenoxy) is 3. The highest BCUT2D eigenvalue weighted by atomic mass is 16.7. The van der Waals surface area contributed by atoms with Crippen molar-refractivity contribution in [3.05, 3.63) is 30.0 Å². The van der Waals surface area contributed by atoms with Gasteiger partial charge in [-0.1, -0.05) is 0 Å². The molecule has 0 radical (unpaired) electrons. The van der Waals surface area contributed by atoms with Crippen LogP contribution in [0, 0.1) is 0 Å². The third-order valence-electron chi connectivity index (χ3n) is 4.53. The van der Waals surface area contributed by atoms with Gasteiger partial charge in [0.15, 0.2) is 11.9 Å². The van der Waals surface area contributed by atoms with E-state index >= 15 is 0 Å². The molecule has 1 aliphatic heterocycles. The molecule has 1 N–H and O–H groups in total. The van der Waals surface area contributed by atoms with Crippen LogP contribution in [0.25, 0.3) is 10.9 Å². The van der Waals surface area contributed by atoms with Gasteiger partial charge in [-0.2, -0.15) is 0 Å². The molecular formula is C18H22N2O5. The zero-order valence-corrected chi connectivity index (χ0v) is 14.4. The summed E-state index contributed by atoms with van der Waals surface area (Å²) in [7, 11) is 2.89. The van der Waals surface area contributed by atoms with Gasteiger partial charge < -0.3 is 19.2 Å². The number of piperidine rings is 1. The van der Waals surface area contributed by atoms with Crippen LogP contribution in [0.3, 0.4) is 0 Å². The first-order valence-electron chi connectivity index (χ1n) is 8.24. The molecule has 1 aliphatic rings. The van der Waals surface area contributed by atoms with Gasteiger partial charge in [0.1, 0.15) is 5.75 Å². The van der Waals surface area contributed by atoms with Crippen LogP contribution in [0.4, 0.5) is 4.79 Å². The maximum atomic E-state index is 11.9. The molecule has 3 rings (SSSR count). The van der Waals surface area contributed by atoms with Crippen LogP contribution in [-0.2, 0) is 20.7 Å². The van der Waals surface area contributed by atoms with Crippen LogP contribution in [0.1, 0.15) is 12.0 Å². The molecule has 0 bridgehead atoms. The van der Waals surface area contributed by atoms with Crippen LogP contribution in [-0.4, -0.2) is 61.8 Å². The van der Waals surface area contributed by atoms with Crippen molar-refractivity contribution in [2.45, 2.75) is 18.9 Å². The molecule has 0 saturated carbocycles. The minimum atomic E-state index is -0.816. The van der Waals surface area contributed by atoms with Gasteiger partial charge in [0, 0.05) is 43.2 Å². The van der Waals surface area contributed by atoms with Crippen molar-refractivity contribution in [1.82, 2.24) is 9.88 Å². The first-order valence-corrected chi connectivity index (χ1v) is 8.24. The highest BCUT2D eigenvalue weighted by Gasteiger charge is 2.30. The molecule has 7 heteroatoms. The van der Waals surface area contributed by atoms with Crippen molar-refractivity contribution in [2.75, 3.05) is 33.9 Å². The predicted octanol–water partition coefficient (Wildman–Crippen LogP) is 2.15. The Hall–Kier alpha value is -2.54. The molecule has 0 amide bonds. The molecule has 0 aliphatic carbocycles. The minimum Gasteiger partial charge on any atom is -0.497 e. The Bertz CT molecular complexity index is 770. The fourth-order valence-corrected chi connectivity index (χ4v) is 3.10. The van der Waals surface area contributed by atoms with Crippen LogP contribution < -0.4 is 4.74 Å².